The van der Waals surface area contributed by atoms with Crippen LogP contribution in [0.4, 0.5) is 5.69 Å². The zero-order valence-electron chi connectivity index (χ0n) is 11.9. The maximum absolute atomic E-state index is 3.66. The average molecular weight is 273 g/mol. The van der Waals surface area contributed by atoms with Crippen molar-refractivity contribution in [2.45, 2.75) is 45.6 Å². The maximum Gasteiger partial charge on any atom is 0.0430 e. The van der Waals surface area contributed by atoms with Crippen molar-refractivity contribution in [3.8, 4) is 10.4 Å². The molecule has 2 heteroatoms. The number of anilines is 1. The van der Waals surface area contributed by atoms with E-state index in [1.54, 1.807) is 11.3 Å². The summed E-state index contributed by atoms with van der Waals surface area (Å²) in [6.07, 6.45) is 5.18. The largest absolute Gasteiger partial charge is 0.382 e. The summed E-state index contributed by atoms with van der Waals surface area (Å²) in [5, 5.41) is 5.80. The van der Waals surface area contributed by atoms with Gasteiger partial charge in [0.2, 0.25) is 0 Å². The Balaban J connectivity index is 2.04. The number of hydrogen-bond acceptors (Lipinski definition) is 2. The van der Waals surface area contributed by atoms with Crippen LogP contribution in [0, 0.1) is 0 Å². The molecule has 1 unspecified atom stereocenters. The van der Waals surface area contributed by atoms with Gasteiger partial charge in [-0.3, -0.25) is 0 Å². The minimum atomic E-state index is 0.535. The first-order valence-corrected chi connectivity index (χ1v) is 8.08. The molecule has 0 amide bonds. The highest BCUT2D eigenvalue weighted by Crippen LogP contribution is 2.31. The second kappa shape index (κ2) is 7.34. The van der Waals surface area contributed by atoms with E-state index in [0.29, 0.717) is 6.04 Å². The van der Waals surface area contributed by atoms with E-state index in [2.05, 4.69) is 60.9 Å². The molecule has 1 aromatic heterocycles. The van der Waals surface area contributed by atoms with Gasteiger partial charge in [0.15, 0.2) is 0 Å². The van der Waals surface area contributed by atoms with Crippen LogP contribution in [0.2, 0.25) is 0 Å². The molecule has 0 aliphatic heterocycles. The molecule has 0 fully saturated rings. The fourth-order valence-corrected chi connectivity index (χ4v) is 3.06. The summed E-state index contributed by atoms with van der Waals surface area (Å²) in [6.45, 7) is 4.53. The summed E-state index contributed by atoms with van der Waals surface area (Å²) in [5.41, 5.74) is 2.58. The van der Waals surface area contributed by atoms with Gasteiger partial charge < -0.3 is 5.32 Å². The minimum absolute atomic E-state index is 0.535. The molecule has 1 nitrogen and oxygen atoms in total. The molecule has 1 aromatic carbocycles. The summed E-state index contributed by atoms with van der Waals surface area (Å²) in [7, 11) is 0. The van der Waals surface area contributed by atoms with Crippen LogP contribution in [0.5, 0.6) is 0 Å². The summed E-state index contributed by atoms with van der Waals surface area (Å²) in [4.78, 5) is 1.34. The van der Waals surface area contributed by atoms with Crippen LogP contribution in [-0.4, -0.2) is 6.04 Å². The first-order valence-electron chi connectivity index (χ1n) is 7.20. The van der Waals surface area contributed by atoms with Crippen molar-refractivity contribution >= 4 is 17.0 Å². The average Bonchev–Trinajstić information content (AvgIpc) is 2.93. The van der Waals surface area contributed by atoms with Crippen molar-refractivity contribution in [2.24, 2.45) is 0 Å². The van der Waals surface area contributed by atoms with E-state index in [1.165, 1.54) is 41.8 Å². The summed E-state index contributed by atoms with van der Waals surface area (Å²) in [6, 6.07) is 13.4. The van der Waals surface area contributed by atoms with Crippen molar-refractivity contribution in [1.82, 2.24) is 0 Å². The van der Waals surface area contributed by atoms with Gasteiger partial charge in [0.1, 0.15) is 0 Å². The first-order chi connectivity index (χ1) is 9.31. The number of thiophene rings is 1. The first kappa shape index (κ1) is 14.1. The molecule has 0 aliphatic rings. The molecular weight excluding hydrogens is 250 g/mol. The van der Waals surface area contributed by atoms with E-state index in [-0.39, 0.29) is 0 Å². The maximum atomic E-state index is 3.66. The molecule has 0 saturated heterocycles. The molecule has 1 N–H and O–H groups in total. The van der Waals surface area contributed by atoms with Gasteiger partial charge in [0.25, 0.3) is 0 Å². The molecule has 2 rings (SSSR count). The standard InChI is InChI=1S/C17H23NS/c1-3-4-5-9-14(2)18-16-11-7-6-10-15(16)17-12-8-13-19-17/h6-8,10-14,18H,3-5,9H2,1-2H3. The Morgan fingerprint density at radius 3 is 2.68 bits per heavy atom. The lowest BCUT2D eigenvalue weighted by atomic mass is 10.1. The number of hydrogen-bond donors (Lipinski definition) is 1. The third-order valence-corrected chi connectivity index (χ3v) is 4.26. The van der Waals surface area contributed by atoms with Gasteiger partial charge in [-0.2, -0.15) is 0 Å². The Bertz CT molecular complexity index is 476. The number of benzene rings is 1. The van der Waals surface area contributed by atoms with Gasteiger partial charge in [-0.1, -0.05) is 50.5 Å². The highest BCUT2D eigenvalue weighted by molar-refractivity contribution is 7.13. The molecule has 0 saturated carbocycles. The molecule has 0 aliphatic carbocycles. The number of rotatable bonds is 7. The minimum Gasteiger partial charge on any atom is -0.382 e. The normalized spacial score (nSPS) is 12.3. The Labute approximate surface area is 120 Å². The third-order valence-electron chi connectivity index (χ3n) is 3.36. The molecular formula is C17H23NS. The quantitative estimate of drug-likeness (QED) is 0.629. The predicted octanol–water partition coefficient (Wildman–Crippen LogP) is 5.80. The van der Waals surface area contributed by atoms with Crippen molar-refractivity contribution in [2.75, 3.05) is 5.32 Å². The lowest BCUT2D eigenvalue weighted by Crippen LogP contribution is -2.15. The van der Waals surface area contributed by atoms with Crippen LogP contribution < -0.4 is 5.32 Å². The van der Waals surface area contributed by atoms with Crippen LogP contribution >= 0.6 is 11.3 Å². The van der Waals surface area contributed by atoms with Gasteiger partial charge in [0.05, 0.1) is 0 Å². The SMILES string of the molecule is CCCCCC(C)Nc1ccccc1-c1cccs1. The summed E-state index contributed by atoms with van der Waals surface area (Å²) >= 11 is 1.80. The van der Waals surface area contributed by atoms with Crippen LogP contribution in [-0.2, 0) is 0 Å². The van der Waals surface area contributed by atoms with Crippen LogP contribution in [0.1, 0.15) is 39.5 Å². The van der Waals surface area contributed by atoms with Crippen LogP contribution in [0.25, 0.3) is 10.4 Å². The Hall–Kier alpha value is -1.28. The zero-order valence-corrected chi connectivity index (χ0v) is 12.7. The molecule has 0 spiro atoms. The van der Waals surface area contributed by atoms with Gasteiger partial charge in [0, 0.05) is 22.2 Å². The van der Waals surface area contributed by atoms with Crippen molar-refractivity contribution in [3.05, 3.63) is 41.8 Å². The number of nitrogens with one attached hydrogen (secondary N) is 1. The highest BCUT2D eigenvalue weighted by Gasteiger charge is 2.08. The van der Waals surface area contributed by atoms with Crippen LogP contribution in [0.3, 0.4) is 0 Å². The monoisotopic (exact) mass is 273 g/mol. The summed E-state index contributed by atoms with van der Waals surface area (Å²) in [5.74, 6) is 0. The Kier molecular flexibility index (Phi) is 5.46. The third kappa shape index (κ3) is 4.10. The lowest BCUT2D eigenvalue weighted by Gasteiger charge is -2.17. The fourth-order valence-electron chi connectivity index (χ4n) is 2.29. The highest BCUT2D eigenvalue weighted by atomic mass is 32.1. The number of para-hydroxylation sites is 1. The van der Waals surface area contributed by atoms with Gasteiger partial charge >= 0.3 is 0 Å². The van der Waals surface area contributed by atoms with E-state index >= 15 is 0 Å². The van der Waals surface area contributed by atoms with E-state index in [0.717, 1.165) is 0 Å². The van der Waals surface area contributed by atoms with E-state index in [4.69, 9.17) is 0 Å². The molecule has 1 atom stereocenters. The molecule has 1 heterocycles. The molecule has 19 heavy (non-hydrogen) atoms. The van der Waals surface area contributed by atoms with Crippen LogP contribution in [0.15, 0.2) is 41.8 Å². The zero-order chi connectivity index (χ0) is 13.5. The molecule has 0 bridgehead atoms. The van der Waals surface area contributed by atoms with Gasteiger partial charge in [-0.25, -0.2) is 0 Å². The molecule has 2 aromatic rings. The van der Waals surface area contributed by atoms with E-state index in [9.17, 15) is 0 Å². The second-order valence-corrected chi connectivity index (χ2v) is 6.01. The summed E-state index contributed by atoms with van der Waals surface area (Å²) < 4.78 is 0. The topological polar surface area (TPSA) is 12.0 Å². The molecule has 0 radical (unpaired) electrons. The molecule has 102 valence electrons. The van der Waals surface area contributed by atoms with Gasteiger partial charge in [-0.05, 0) is 30.9 Å². The van der Waals surface area contributed by atoms with Crippen molar-refractivity contribution in [3.63, 3.8) is 0 Å². The van der Waals surface area contributed by atoms with E-state index < -0.39 is 0 Å². The van der Waals surface area contributed by atoms with Crippen molar-refractivity contribution in [1.29, 1.82) is 0 Å². The fraction of sp³-hybridized carbons (Fsp3) is 0.412. The van der Waals surface area contributed by atoms with Crippen molar-refractivity contribution < 1.29 is 0 Å². The Morgan fingerprint density at radius 2 is 1.95 bits per heavy atom. The van der Waals surface area contributed by atoms with E-state index in [1.807, 2.05) is 0 Å². The number of unbranched alkanes of at least 4 members (excludes halogenated alkanes) is 2. The van der Waals surface area contributed by atoms with Gasteiger partial charge in [-0.15, -0.1) is 11.3 Å². The lowest BCUT2D eigenvalue weighted by molar-refractivity contribution is 0.615. The second-order valence-electron chi connectivity index (χ2n) is 5.06. The smallest absolute Gasteiger partial charge is 0.0430 e. The predicted molar refractivity (Wildman–Crippen MR) is 87.0 cm³/mol. The Morgan fingerprint density at radius 1 is 1.11 bits per heavy atom.